The van der Waals surface area contributed by atoms with E-state index >= 15 is 0 Å². The molecule has 2 aliphatic heterocycles. The number of morpholine rings is 1. The minimum Gasteiger partial charge on any atom is -0.497 e. The van der Waals surface area contributed by atoms with Gasteiger partial charge in [0.05, 0.1) is 19.8 Å². The number of amides is 1. The van der Waals surface area contributed by atoms with Crippen LogP contribution in [0.1, 0.15) is 12.8 Å². The first-order chi connectivity index (χ1) is 10.3. The van der Waals surface area contributed by atoms with Gasteiger partial charge in [-0.25, -0.2) is 0 Å². The smallest absolute Gasteiger partial charge is 0.253 e. The molecule has 5 heteroatoms. The predicted octanol–water partition coefficient (Wildman–Crippen LogP) is 1.43. The van der Waals surface area contributed by atoms with E-state index in [0.717, 1.165) is 30.9 Å². The summed E-state index contributed by atoms with van der Waals surface area (Å²) >= 11 is 0. The average molecular weight is 290 g/mol. The fraction of sp³-hybridized carbons (Fsp3) is 0.562. The third-order valence-electron chi connectivity index (χ3n) is 4.31. The second-order valence-corrected chi connectivity index (χ2v) is 5.66. The quantitative estimate of drug-likeness (QED) is 0.915. The molecule has 2 aliphatic rings. The van der Waals surface area contributed by atoms with Crippen LogP contribution in [0.4, 0.5) is 5.69 Å². The van der Waals surface area contributed by atoms with E-state index in [0.29, 0.717) is 12.5 Å². The number of methoxy groups -OCH3 is 1. The maximum Gasteiger partial charge on any atom is 0.253 e. The minimum absolute atomic E-state index is 0.0169. The van der Waals surface area contributed by atoms with Gasteiger partial charge < -0.3 is 19.7 Å². The van der Waals surface area contributed by atoms with Crippen molar-refractivity contribution in [1.29, 1.82) is 0 Å². The normalized spacial score (nSPS) is 26.7. The Bertz CT molecular complexity index is 500. The maximum absolute atomic E-state index is 12.2. The number of hydrogen-bond acceptors (Lipinski definition) is 4. The monoisotopic (exact) mass is 290 g/mol. The van der Waals surface area contributed by atoms with Gasteiger partial charge in [0, 0.05) is 18.3 Å². The van der Waals surface area contributed by atoms with E-state index < -0.39 is 0 Å². The first kappa shape index (κ1) is 14.4. The number of carbonyl (C=O) groups excluding carboxylic acids is 1. The van der Waals surface area contributed by atoms with Crippen molar-refractivity contribution in [3.63, 3.8) is 0 Å². The molecule has 114 valence electrons. The zero-order valence-electron chi connectivity index (χ0n) is 12.4. The van der Waals surface area contributed by atoms with Crippen LogP contribution in [-0.4, -0.2) is 45.4 Å². The molecule has 3 rings (SSSR count). The second-order valence-electron chi connectivity index (χ2n) is 5.66. The van der Waals surface area contributed by atoms with Gasteiger partial charge in [-0.15, -0.1) is 0 Å². The van der Waals surface area contributed by atoms with Gasteiger partial charge in [-0.05, 0) is 37.4 Å². The molecule has 0 bridgehead atoms. The molecule has 1 aromatic carbocycles. The van der Waals surface area contributed by atoms with Gasteiger partial charge >= 0.3 is 0 Å². The van der Waals surface area contributed by atoms with E-state index in [1.807, 2.05) is 29.2 Å². The molecule has 2 unspecified atom stereocenters. The molecule has 2 saturated heterocycles. The van der Waals surface area contributed by atoms with Crippen molar-refractivity contribution >= 4 is 11.6 Å². The summed E-state index contributed by atoms with van der Waals surface area (Å²) in [4.78, 5) is 14.0. The lowest BCUT2D eigenvalue weighted by Crippen LogP contribution is -2.52. The number of piperidine rings is 1. The van der Waals surface area contributed by atoms with E-state index in [-0.39, 0.29) is 18.6 Å². The van der Waals surface area contributed by atoms with Gasteiger partial charge in [-0.2, -0.15) is 0 Å². The van der Waals surface area contributed by atoms with Crippen LogP contribution in [0.15, 0.2) is 24.3 Å². The fourth-order valence-electron chi connectivity index (χ4n) is 3.10. The standard InChI is InChI=1S/C16H22N2O3/c1-20-14-6-2-5-13(8-14)18-10-15(21-11-16(18)19)12-4-3-7-17-9-12/h2,5-6,8,12,15,17H,3-4,7,9-11H2,1H3. The minimum atomic E-state index is 0.0169. The Morgan fingerprint density at radius 2 is 2.33 bits per heavy atom. The van der Waals surface area contributed by atoms with Crippen molar-refractivity contribution in [2.75, 3.05) is 38.3 Å². The van der Waals surface area contributed by atoms with Gasteiger partial charge in [0.25, 0.3) is 5.91 Å². The van der Waals surface area contributed by atoms with Crippen molar-refractivity contribution < 1.29 is 14.3 Å². The molecular formula is C16H22N2O3. The maximum atomic E-state index is 12.2. The van der Waals surface area contributed by atoms with Gasteiger partial charge in [0.1, 0.15) is 12.4 Å². The summed E-state index contributed by atoms with van der Waals surface area (Å²) in [5.41, 5.74) is 0.886. The summed E-state index contributed by atoms with van der Waals surface area (Å²) in [6, 6.07) is 7.65. The molecule has 2 fully saturated rings. The lowest BCUT2D eigenvalue weighted by molar-refractivity contribution is -0.131. The first-order valence-corrected chi connectivity index (χ1v) is 7.54. The highest BCUT2D eigenvalue weighted by Crippen LogP contribution is 2.27. The molecular weight excluding hydrogens is 268 g/mol. The third kappa shape index (κ3) is 3.19. The number of carbonyl (C=O) groups is 1. The number of rotatable bonds is 3. The predicted molar refractivity (Wildman–Crippen MR) is 80.7 cm³/mol. The van der Waals surface area contributed by atoms with Crippen molar-refractivity contribution in [2.45, 2.75) is 18.9 Å². The van der Waals surface area contributed by atoms with Gasteiger partial charge in [0.2, 0.25) is 0 Å². The van der Waals surface area contributed by atoms with E-state index in [1.165, 1.54) is 6.42 Å². The van der Waals surface area contributed by atoms with E-state index in [2.05, 4.69) is 5.32 Å². The van der Waals surface area contributed by atoms with Crippen molar-refractivity contribution in [3.8, 4) is 5.75 Å². The summed E-state index contributed by atoms with van der Waals surface area (Å²) in [5, 5.41) is 3.41. The third-order valence-corrected chi connectivity index (χ3v) is 4.31. The Morgan fingerprint density at radius 3 is 3.10 bits per heavy atom. The van der Waals surface area contributed by atoms with E-state index in [1.54, 1.807) is 7.11 Å². The van der Waals surface area contributed by atoms with Crippen LogP contribution in [0.3, 0.4) is 0 Å². The summed E-state index contributed by atoms with van der Waals surface area (Å²) in [5.74, 6) is 1.27. The van der Waals surface area contributed by atoms with Gasteiger partial charge in [0.15, 0.2) is 0 Å². The highest BCUT2D eigenvalue weighted by Gasteiger charge is 2.33. The number of hydrogen-bond donors (Lipinski definition) is 1. The van der Waals surface area contributed by atoms with Crippen molar-refractivity contribution in [2.24, 2.45) is 5.92 Å². The molecule has 0 aromatic heterocycles. The molecule has 2 heterocycles. The SMILES string of the molecule is COc1cccc(N2CC(C3CCCNC3)OCC2=O)c1. The molecule has 0 spiro atoms. The Morgan fingerprint density at radius 1 is 1.43 bits per heavy atom. The molecule has 2 atom stereocenters. The van der Waals surface area contributed by atoms with E-state index in [4.69, 9.17) is 9.47 Å². The topological polar surface area (TPSA) is 50.8 Å². The Balaban J connectivity index is 1.74. The highest BCUT2D eigenvalue weighted by molar-refractivity contribution is 5.95. The summed E-state index contributed by atoms with van der Waals surface area (Å²) in [6.45, 7) is 2.85. The molecule has 0 aliphatic carbocycles. The molecule has 5 nitrogen and oxygen atoms in total. The van der Waals surface area contributed by atoms with Crippen LogP contribution >= 0.6 is 0 Å². The lowest BCUT2D eigenvalue weighted by atomic mass is 9.92. The van der Waals surface area contributed by atoms with Crippen molar-refractivity contribution in [1.82, 2.24) is 5.32 Å². The average Bonchev–Trinajstić information content (AvgIpc) is 2.56. The molecule has 1 N–H and O–H groups in total. The molecule has 1 amide bonds. The highest BCUT2D eigenvalue weighted by atomic mass is 16.5. The summed E-state index contributed by atoms with van der Waals surface area (Å²) in [6.07, 6.45) is 2.46. The van der Waals surface area contributed by atoms with Crippen LogP contribution in [0, 0.1) is 5.92 Å². The van der Waals surface area contributed by atoms with Gasteiger partial charge in [-0.1, -0.05) is 6.07 Å². The second kappa shape index (κ2) is 6.45. The molecule has 0 radical (unpaired) electrons. The Hall–Kier alpha value is -1.59. The Kier molecular flexibility index (Phi) is 4.41. The fourth-order valence-corrected chi connectivity index (χ4v) is 3.10. The number of nitrogens with one attached hydrogen (secondary N) is 1. The van der Waals surface area contributed by atoms with Crippen LogP contribution in [0.25, 0.3) is 0 Å². The molecule has 0 saturated carbocycles. The summed E-state index contributed by atoms with van der Waals surface area (Å²) < 4.78 is 11.0. The number of anilines is 1. The summed E-state index contributed by atoms with van der Waals surface area (Å²) in [7, 11) is 1.64. The zero-order valence-corrected chi connectivity index (χ0v) is 12.4. The van der Waals surface area contributed by atoms with Crippen LogP contribution in [0.2, 0.25) is 0 Å². The number of benzene rings is 1. The Labute approximate surface area is 125 Å². The van der Waals surface area contributed by atoms with E-state index in [9.17, 15) is 4.79 Å². The molecule has 21 heavy (non-hydrogen) atoms. The molecule has 1 aromatic rings. The largest absolute Gasteiger partial charge is 0.497 e. The van der Waals surface area contributed by atoms with Crippen LogP contribution in [0.5, 0.6) is 5.75 Å². The number of ether oxygens (including phenoxy) is 2. The first-order valence-electron chi connectivity index (χ1n) is 7.54. The number of nitrogens with zero attached hydrogens (tertiary/aromatic N) is 1. The van der Waals surface area contributed by atoms with Crippen LogP contribution < -0.4 is 15.0 Å². The van der Waals surface area contributed by atoms with Gasteiger partial charge in [-0.3, -0.25) is 4.79 Å². The van der Waals surface area contributed by atoms with Crippen LogP contribution in [-0.2, 0) is 9.53 Å². The van der Waals surface area contributed by atoms with Crippen molar-refractivity contribution in [3.05, 3.63) is 24.3 Å². The lowest BCUT2D eigenvalue weighted by Gasteiger charge is -2.38. The zero-order chi connectivity index (χ0) is 14.7.